The van der Waals surface area contributed by atoms with Gasteiger partial charge in [0.15, 0.2) is 0 Å². The number of benzene rings is 1. The van der Waals surface area contributed by atoms with Gasteiger partial charge in [0.2, 0.25) is 11.8 Å². The zero-order valence-electron chi connectivity index (χ0n) is 13.5. The summed E-state index contributed by atoms with van der Waals surface area (Å²) in [4.78, 5) is 39.7. The number of fused-ring (bicyclic) bond motifs is 5. The van der Waals surface area contributed by atoms with Gasteiger partial charge in [0, 0.05) is 11.8 Å². The molecule has 0 aromatic heterocycles. The summed E-state index contributed by atoms with van der Waals surface area (Å²) >= 11 is 0. The summed E-state index contributed by atoms with van der Waals surface area (Å²) in [5, 5.41) is 0. The maximum Gasteiger partial charge on any atom is 0.238 e. The lowest BCUT2D eigenvalue weighted by Crippen LogP contribution is -2.40. The molecule has 5 nitrogen and oxygen atoms in total. The normalized spacial score (nSPS) is 38.4. The first-order chi connectivity index (χ1) is 10.8. The van der Waals surface area contributed by atoms with E-state index in [1.807, 2.05) is 13.8 Å². The number of methoxy groups -OCH3 is 1. The number of hydrogen-bond donors (Lipinski definition) is 0. The molecule has 23 heavy (non-hydrogen) atoms. The average Bonchev–Trinajstić information content (AvgIpc) is 3.01. The smallest absolute Gasteiger partial charge is 0.238 e. The van der Waals surface area contributed by atoms with Crippen molar-refractivity contribution in [3.05, 3.63) is 24.3 Å². The van der Waals surface area contributed by atoms with Crippen LogP contribution >= 0.6 is 0 Å². The minimum Gasteiger partial charge on any atom is -0.495 e. The van der Waals surface area contributed by atoms with Crippen LogP contribution in [0, 0.1) is 22.7 Å². The van der Waals surface area contributed by atoms with Crippen molar-refractivity contribution in [3.8, 4) is 5.75 Å². The highest BCUT2D eigenvalue weighted by Gasteiger charge is 2.74. The van der Waals surface area contributed by atoms with E-state index < -0.39 is 22.7 Å². The summed E-state index contributed by atoms with van der Waals surface area (Å²) < 4.78 is 5.30. The highest BCUT2D eigenvalue weighted by atomic mass is 16.5. The van der Waals surface area contributed by atoms with Crippen LogP contribution in [0.15, 0.2) is 24.3 Å². The van der Waals surface area contributed by atoms with E-state index in [1.54, 1.807) is 24.3 Å². The first-order valence-corrected chi connectivity index (χ1v) is 7.88. The predicted molar refractivity (Wildman–Crippen MR) is 82.9 cm³/mol. The Morgan fingerprint density at radius 2 is 1.74 bits per heavy atom. The number of hydrogen-bond acceptors (Lipinski definition) is 4. The third kappa shape index (κ3) is 1.55. The molecule has 0 unspecified atom stereocenters. The molecule has 0 spiro atoms. The van der Waals surface area contributed by atoms with Crippen LogP contribution in [-0.2, 0) is 14.4 Å². The van der Waals surface area contributed by atoms with Crippen molar-refractivity contribution in [1.29, 1.82) is 0 Å². The van der Waals surface area contributed by atoms with E-state index in [4.69, 9.17) is 4.74 Å². The van der Waals surface area contributed by atoms with E-state index in [0.29, 0.717) is 24.3 Å². The van der Waals surface area contributed by atoms with E-state index in [1.165, 1.54) is 12.0 Å². The fourth-order valence-electron chi connectivity index (χ4n) is 5.14. The zero-order chi connectivity index (χ0) is 16.6. The van der Waals surface area contributed by atoms with E-state index >= 15 is 0 Å². The number of para-hydroxylation sites is 2. The number of ether oxygens (including phenoxy) is 1. The predicted octanol–water partition coefficient (Wildman–Crippen LogP) is 2.19. The van der Waals surface area contributed by atoms with Gasteiger partial charge in [-0.25, -0.2) is 4.90 Å². The number of imide groups is 1. The molecule has 1 aromatic carbocycles. The topological polar surface area (TPSA) is 63.7 Å². The lowest BCUT2D eigenvalue weighted by molar-refractivity contribution is -0.138. The van der Waals surface area contributed by atoms with E-state index in [0.717, 1.165) is 0 Å². The molecule has 2 aliphatic carbocycles. The van der Waals surface area contributed by atoms with Gasteiger partial charge in [0.25, 0.3) is 0 Å². The quantitative estimate of drug-likeness (QED) is 0.785. The standard InChI is InChI=1S/C18H19NO4/c1-17-8-12(20)18(2,9-17)14-13(17)15(21)19(16(14)22)10-6-4-5-7-11(10)23-3/h4-7,13-14H,8-9H2,1-3H3/t13-,14-,17-,18-/m1/s1. The zero-order valence-corrected chi connectivity index (χ0v) is 13.5. The summed E-state index contributed by atoms with van der Waals surface area (Å²) in [7, 11) is 1.51. The van der Waals surface area contributed by atoms with Gasteiger partial charge in [-0.15, -0.1) is 0 Å². The van der Waals surface area contributed by atoms with Crippen LogP contribution in [0.25, 0.3) is 0 Å². The van der Waals surface area contributed by atoms with Crippen LogP contribution in [0.2, 0.25) is 0 Å². The lowest BCUT2D eigenvalue weighted by atomic mass is 9.68. The number of amides is 2. The summed E-state index contributed by atoms with van der Waals surface area (Å²) in [5.41, 5.74) is -0.637. The number of carbonyl (C=O) groups is 3. The molecule has 1 heterocycles. The largest absolute Gasteiger partial charge is 0.495 e. The number of nitrogens with zero attached hydrogens (tertiary/aromatic N) is 1. The summed E-state index contributed by atoms with van der Waals surface area (Å²) in [6.07, 6.45) is 1.02. The molecule has 0 N–H and O–H groups in total. The van der Waals surface area contributed by atoms with E-state index in [-0.39, 0.29) is 17.6 Å². The monoisotopic (exact) mass is 313 g/mol. The van der Waals surface area contributed by atoms with Gasteiger partial charge in [-0.1, -0.05) is 26.0 Å². The molecule has 2 amide bonds. The Hall–Kier alpha value is -2.17. The van der Waals surface area contributed by atoms with Crippen molar-refractivity contribution in [2.24, 2.45) is 22.7 Å². The van der Waals surface area contributed by atoms with Gasteiger partial charge < -0.3 is 4.74 Å². The fourth-order valence-corrected chi connectivity index (χ4v) is 5.14. The van der Waals surface area contributed by atoms with Gasteiger partial charge in [-0.3, -0.25) is 14.4 Å². The number of ketones is 1. The highest BCUT2D eigenvalue weighted by Crippen LogP contribution is 2.68. The lowest BCUT2D eigenvalue weighted by Gasteiger charge is -2.30. The Balaban J connectivity index is 1.84. The Labute approximate surface area is 134 Å². The molecule has 3 aliphatic rings. The molecular weight excluding hydrogens is 294 g/mol. The molecule has 3 fully saturated rings. The molecule has 4 atom stereocenters. The molecule has 120 valence electrons. The SMILES string of the molecule is COc1ccccc1N1C(=O)[C@H]2[C@H](C1=O)[C@]1(C)C[C@@]2(C)CC1=O. The van der Waals surface area contributed by atoms with Crippen LogP contribution < -0.4 is 9.64 Å². The van der Waals surface area contributed by atoms with Gasteiger partial charge >= 0.3 is 0 Å². The van der Waals surface area contributed by atoms with Crippen LogP contribution in [0.4, 0.5) is 5.69 Å². The Morgan fingerprint density at radius 3 is 2.43 bits per heavy atom. The molecule has 1 saturated heterocycles. The third-order valence-electron chi connectivity index (χ3n) is 6.04. The van der Waals surface area contributed by atoms with E-state index in [9.17, 15) is 14.4 Å². The Kier molecular flexibility index (Phi) is 2.64. The van der Waals surface area contributed by atoms with Crippen LogP contribution in [0.1, 0.15) is 26.7 Å². The maximum absolute atomic E-state index is 13.0. The first-order valence-electron chi connectivity index (χ1n) is 7.88. The summed E-state index contributed by atoms with van der Waals surface area (Å²) in [5.74, 6) is -0.784. The third-order valence-corrected chi connectivity index (χ3v) is 6.04. The number of rotatable bonds is 2. The first kappa shape index (κ1) is 14.4. The summed E-state index contributed by atoms with van der Waals surface area (Å²) in [6, 6.07) is 7.01. The highest BCUT2D eigenvalue weighted by molar-refractivity contribution is 6.25. The molecule has 1 aliphatic heterocycles. The second-order valence-electron chi connectivity index (χ2n) is 7.49. The van der Waals surface area contributed by atoms with Crippen molar-refractivity contribution in [2.75, 3.05) is 12.0 Å². The van der Waals surface area contributed by atoms with E-state index in [2.05, 4.69) is 0 Å². The van der Waals surface area contributed by atoms with Crippen molar-refractivity contribution in [1.82, 2.24) is 0 Å². The van der Waals surface area contributed by atoms with Crippen molar-refractivity contribution in [2.45, 2.75) is 26.7 Å². The summed E-state index contributed by atoms with van der Waals surface area (Å²) in [6.45, 7) is 3.82. The van der Waals surface area contributed by atoms with Crippen molar-refractivity contribution in [3.63, 3.8) is 0 Å². The molecule has 4 rings (SSSR count). The fraction of sp³-hybridized carbons (Fsp3) is 0.500. The minimum atomic E-state index is -0.705. The molecule has 2 bridgehead atoms. The number of Topliss-reactive ketones (excluding diaryl/α,β-unsaturated/α-hetero) is 1. The molecule has 5 heteroatoms. The Morgan fingerprint density at radius 1 is 1.09 bits per heavy atom. The second-order valence-corrected chi connectivity index (χ2v) is 7.49. The van der Waals surface area contributed by atoms with Gasteiger partial charge in [0.05, 0.1) is 24.6 Å². The van der Waals surface area contributed by atoms with Gasteiger partial charge in [-0.2, -0.15) is 0 Å². The average molecular weight is 313 g/mol. The molecule has 0 radical (unpaired) electrons. The van der Waals surface area contributed by atoms with Crippen molar-refractivity contribution >= 4 is 23.3 Å². The number of carbonyl (C=O) groups excluding carboxylic acids is 3. The van der Waals surface area contributed by atoms with Gasteiger partial charge in [-0.05, 0) is 24.0 Å². The Bertz CT molecular complexity index is 757. The molecule has 2 saturated carbocycles. The van der Waals surface area contributed by atoms with Crippen molar-refractivity contribution < 1.29 is 19.1 Å². The maximum atomic E-state index is 13.0. The van der Waals surface area contributed by atoms with Crippen LogP contribution in [-0.4, -0.2) is 24.7 Å². The second kappa shape index (κ2) is 4.22. The van der Waals surface area contributed by atoms with Crippen LogP contribution in [0.5, 0.6) is 5.75 Å². The minimum absolute atomic E-state index is 0.115. The van der Waals surface area contributed by atoms with Crippen LogP contribution in [0.3, 0.4) is 0 Å². The molecular formula is C18H19NO4. The molecule has 1 aromatic rings. The van der Waals surface area contributed by atoms with Gasteiger partial charge in [0.1, 0.15) is 11.5 Å². The number of anilines is 1.